The minimum Gasteiger partial charge on any atom is -0.296 e. The Morgan fingerprint density at radius 1 is 1.17 bits per heavy atom. The molecule has 1 aliphatic rings. The highest BCUT2D eigenvalue weighted by atomic mass is 35.5. The number of hydrogen-bond donors (Lipinski definition) is 1. The Balaban J connectivity index is 2.11. The largest absolute Gasteiger partial charge is 0.296 e. The Morgan fingerprint density at radius 2 is 1.70 bits per heavy atom. The maximum absolute atomic E-state index is 12.6. The van der Waals surface area contributed by atoms with Gasteiger partial charge in [0.25, 0.3) is 0 Å². The van der Waals surface area contributed by atoms with Gasteiger partial charge in [-0.25, -0.2) is 13.1 Å². The SMILES string of the molecule is C[C@H]1CCC[C@H](C)N1CC(C)(C)NS(=O)(=O)c1ccc(Cl)cc1. The van der Waals surface area contributed by atoms with Crippen molar-refractivity contribution in [2.75, 3.05) is 6.54 Å². The second-order valence-electron chi connectivity index (χ2n) is 7.24. The molecule has 0 spiro atoms. The molecule has 1 aromatic carbocycles. The Labute approximate surface area is 145 Å². The highest BCUT2D eigenvalue weighted by Gasteiger charge is 2.33. The van der Waals surface area contributed by atoms with Gasteiger partial charge in [-0.1, -0.05) is 18.0 Å². The summed E-state index contributed by atoms with van der Waals surface area (Å²) >= 11 is 5.83. The number of rotatable bonds is 5. The van der Waals surface area contributed by atoms with E-state index in [1.54, 1.807) is 12.1 Å². The fourth-order valence-corrected chi connectivity index (χ4v) is 4.84. The lowest BCUT2D eigenvalue weighted by Gasteiger charge is -2.43. The quantitative estimate of drug-likeness (QED) is 0.873. The lowest BCUT2D eigenvalue weighted by atomic mass is 9.94. The van der Waals surface area contributed by atoms with Crippen LogP contribution in [0, 0.1) is 0 Å². The summed E-state index contributed by atoms with van der Waals surface area (Å²) in [5, 5.41) is 0.527. The van der Waals surface area contributed by atoms with Crippen molar-refractivity contribution in [3.05, 3.63) is 29.3 Å². The third-order valence-corrected chi connectivity index (χ3v) is 6.45. The van der Waals surface area contributed by atoms with E-state index in [1.165, 1.54) is 31.4 Å². The van der Waals surface area contributed by atoms with E-state index in [0.717, 1.165) is 0 Å². The summed E-state index contributed by atoms with van der Waals surface area (Å²) < 4.78 is 28.0. The first kappa shape index (κ1) is 18.7. The maximum atomic E-state index is 12.6. The normalized spacial score (nSPS) is 23.9. The predicted molar refractivity (Wildman–Crippen MR) is 95.3 cm³/mol. The Kier molecular flexibility index (Phi) is 5.77. The van der Waals surface area contributed by atoms with Gasteiger partial charge in [0.2, 0.25) is 10.0 Å². The van der Waals surface area contributed by atoms with Gasteiger partial charge in [0.15, 0.2) is 0 Å². The molecule has 1 N–H and O–H groups in total. The average Bonchev–Trinajstić information content (AvgIpc) is 2.42. The van der Waals surface area contributed by atoms with E-state index >= 15 is 0 Å². The van der Waals surface area contributed by atoms with Crippen LogP contribution >= 0.6 is 11.6 Å². The molecule has 0 bridgehead atoms. The molecule has 1 aromatic rings. The van der Waals surface area contributed by atoms with Crippen LogP contribution in [0.3, 0.4) is 0 Å². The Bertz CT molecular complexity index is 618. The van der Waals surface area contributed by atoms with Gasteiger partial charge in [0.05, 0.1) is 4.90 Å². The molecule has 0 aliphatic carbocycles. The predicted octanol–water partition coefficient (Wildman–Crippen LogP) is 3.66. The third kappa shape index (κ3) is 4.92. The van der Waals surface area contributed by atoms with Crippen LogP contribution in [0.15, 0.2) is 29.2 Å². The fourth-order valence-electron chi connectivity index (χ4n) is 3.31. The van der Waals surface area contributed by atoms with Crippen LogP contribution in [0.1, 0.15) is 47.0 Å². The molecule has 130 valence electrons. The molecule has 4 nitrogen and oxygen atoms in total. The second kappa shape index (κ2) is 7.09. The average molecular weight is 359 g/mol. The van der Waals surface area contributed by atoms with Crippen LogP contribution in [0.2, 0.25) is 5.02 Å². The van der Waals surface area contributed by atoms with Crippen LogP contribution in [-0.2, 0) is 10.0 Å². The Hall–Kier alpha value is -0.620. The molecular formula is C17H27ClN2O2S. The minimum absolute atomic E-state index is 0.245. The molecule has 2 atom stereocenters. The second-order valence-corrected chi connectivity index (χ2v) is 9.36. The standard InChI is InChI=1S/C17H27ClN2O2S/c1-13-6-5-7-14(2)20(13)12-17(3,4)19-23(21,22)16-10-8-15(18)9-11-16/h8-11,13-14,19H,5-7,12H2,1-4H3/t13-,14-/m0/s1. The minimum atomic E-state index is -3.56. The van der Waals surface area contributed by atoms with E-state index in [1.807, 2.05) is 13.8 Å². The first-order valence-electron chi connectivity index (χ1n) is 8.16. The van der Waals surface area contributed by atoms with E-state index in [-0.39, 0.29) is 4.90 Å². The zero-order valence-corrected chi connectivity index (χ0v) is 15.9. The molecule has 0 amide bonds. The molecule has 1 fully saturated rings. The molecule has 0 saturated carbocycles. The van der Waals surface area contributed by atoms with Crippen molar-refractivity contribution in [2.24, 2.45) is 0 Å². The number of nitrogens with zero attached hydrogens (tertiary/aromatic N) is 1. The van der Waals surface area contributed by atoms with Crippen molar-refractivity contribution < 1.29 is 8.42 Å². The number of halogens is 1. The van der Waals surface area contributed by atoms with Gasteiger partial charge in [0, 0.05) is 29.2 Å². The first-order valence-corrected chi connectivity index (χ1v) is 10.0. The van der Waals surface area contributed by atoms with Crippen LogP contribution in [0.25, 0.3) is 0 Å². The van der Waals surface area contributed by atoms with Crippen LogP contribution in [-0.4, -0.2) is 37.5 Å². The van der Waals surface area contributed by atoms with Gasteiger partial charge in [0.1, 0.15) is 0 Å². The van der Waals surface area contributed by atoms with Gasteiger partial charge in [-0.15, -0.1) is 0 Å². The maximum Gasteiger partial charge on any atom is 0.241 e. The molecule has 23 heavy (non-hydrogen) atoms. The smallest absolute Gasteiger partial charge is 0.241 e. The Morgan fingerprint density at radius 3 is 2.22 bits per heavy atom. The van der Waals surface area contributed by atoms with Gasteiger partial charge < -0.3 is 0 Å². The van der Waals surface area contributed by atoms with Crippen molar-refractivity contribution in [3.8, 4) is 0 Å². The zero-order valence-electron chi connectivity index (χ0n) is 14.3. The van der Waals surface area contributed by atoms with Crippen molar-refractivity contribution in [3.63, 3.8) is 0 Å². The van der Waals surface area contributed by atoms with Crippen LogP contribution in [0.4, 0.5) is 0 Å². The summed E-state index contributed by atoms with van der Waals surface area (Å²) in [4.78, 5) is 2.66. The van der Waals surface area contributed by atoms with Crippen molar-refractivity contribution in [2.45, 2.75) is 69.5 Å². The van der Waals surface area contributed by atoms with Gasteiger partial charge in [-0.2, -0.15) is 0 Å². The molecule has 0 radical (unpaired) electrons. The van der Waals surface area contributed by atoms with Crippen molar-refractivity contribution >= 4 is 21.6 Å². The molecule has 6 heteroatoms. The summed E-state index contributed by atoms with van der Waals surface area (Å²) in [6.07, 6.45) is 3.59. The number of hydrogen-bond acceptors (Lipinski definition) is 3. The van der Waals surface area contributed by atoms with E-state index in [9.17, 15) is 8.42 Å². The summed E-state index contributed by atoms with van der Waals surface area (Å²) in [5.41, 5.74) is -0.543. The van der Waals surface area contributed by atoms with Gasteiger partial charge >= 0.3 is 0 Å². The highest BCUT2D eigenvalue weighted by Crippen LogP contribution is 2.25. The van der Waals surface area contributed by atoms with Crippen LogP contribution in [0.5, 0.6) is 0 Å². The van der Waals surface area contributed by atoms with E-state index in [4.69, 9.17) is 11.6 Å². The topological polar surface area (TPSA) is 49.4 Å². The fraction of sp³-hybridized carbons (Fsp3) is 0.647. The first-order chi connectivity index (χ1) is 10.6. The van der Waals surface area contributed by atoms with Crippen LogP contribution < -0.4 is 4.72 Å². The van der Waals surface area contributed by atoms with Gasteiger partial charge in [-0.05, 0) is 64.8 Å². The van der Waals surface area contributed by atoms with Crippen molar-refractivity contribution in [1.82, 2.24) is 9.62 Å². The number of nitrogens with one attached hydrogen (secondary N) is 1. The van der Waals surface area contributed by atoms with Crippen molar-refractivity contribution in [1.29, 1.82) is 0 Å². The monoisotopic (exact) mass is 358 g/mol. The highest BCUT2D eigenvalue weighted by molar-refractivity contribution is 7.89. The molecule has 1 saturated heterocycles. The molecule has 0 unspecified atom stereocenters. The number of sulfonamides is 1. The summed E-state index contributed by atoms with van der Waals surface area (Å²) in [6.45, 7) is 9.02. The molecule has 1 aliphatic heterocycles. The van der Waals surface area contributed by atoms with E-state index < -0.39 is 15.6 Å². The molecular weight excluding hydrogens is 332 g/mol. The summed E-state index contributed by atoms with van der Waals surface area (Å²) in [5.74, 6) is 0. The van der Waals surface area contributed by atoms with E-state index in [0.29, 0.717) is 23.7 Å². The van der Waals surface area contributed by atoms with Gasteiger partial charge in [-0.3, -0.25) is 4.90 Å². The van der Waals surface area contributed by atoms with E-state index in [2.05, 4.69) is 23.5 Å². The lowest BCUT2D eigenvalue weighted by Crippen LogP contribution is -2.56. The summed E-state index contributed by atoms with van der Waals surface area (Å²) in [7, 11) is -3.56. The molecule has 1 heterocycles. The zero-order chi connectivity index (χ0) is 17.3. The molecule has 2 rings (SSSR count). The summed E-state index contributed by atoms with van der Waals surface area (Å²) in [6, 6.07) is 7.23. The number of benzene rings is 1. The number of likely N-dealkylation sites (tertiary alicyclic amines) is 1. The lowest BCUT2D eigenvalue weighted by molar-refractivity contribution is 0.0790. The third-order valence-electron chi connectivity index (χ3n) is 4.49. The molecule has 0 aromatic heterocycles. The number of piperidine rings is 1.